The number of ether oxygens (including phenoxy) is 2. The maximum atomic E-state index is 12.3. The first-order chi connectivity index (χ1) is 15.9. The van der Waals surface area contributed by atoms with Gasteiger partial charge in [0.15, 0.2) is 5.65 Å². The van der Waals surface area contributed by atoms with E-state index in [4.69, 9.17) is 15.6 Å². The fraction of sp³-hybridized carbons (Fsp3) is 0.261. The summed E-state index contributed by atoms with van der Waals surface area (Å²) < 4.78 is 48.5. The van der Waals surface area contributed by atoms with Crippen LogP contribution in [0.2, 0.25) is 0 Å². The van der Waals surface area contributed by atoms with Crippen molar-refractivity contribution < 1.29 is 22.6 Å². The van der Waals surface area contributed by atoms with E-state index in [0.29, 0.717) is 29.1 Å². The molecule has 1 saturated carbocycles. The average molecular weight is 455 g/mol. The van der Waals surface area contributed by atoms with E-state index in [1.165, 1.54) is 30.6 Å². The molecule has 4 aromatic rings. The summed E-state index contributed by atoms with van der Waals surface area (Å²) in [5.41, 5.74) is 8.44. The van der Waals surface area contributed by atoms with Crippen molar-refractivity contribution in [3.05, 3.63) is 54.9 Å². The van der Waals surface area contributed by atoms with Gasteiger partial charge in [-0.25, -0.2) is 14.6 Å². The molecule has 1 aliphatic rings. The van der Waals surface area contributed by atoms with Crippen molar-refractivity contribution in [3.8, 4) is 28.5 Å². The number of anilines is 1. The topological polar surface area (TPSA) is 88.1 Å². The van der Waals surface area contributed by atoms with Crippen LogP contribution in [-0.2, 0) is 0 Å². The number of aromatic nitrogens is 4. The molecule has 0 saturated heterocycles. The predicted octanol–water partition coefficient (Wildman–Crippen LogP) is 5.88. The van der Waals surface area contributed by atoms with Crippen molar-refractivity contribution in [3.63, 3.8) is 0 Å². The summed E-state index contributed by atoms with van der Waals surface area (Å²) in [4.78, 5) is 8.58. The minimum absolute atomic E-state index is 0.294. The van der Waals surface area contributed by atoms with E-state index in [-0.39, 0.29) is 5.75 Å². The van der Waals surface area contributed by atoms with Crippen LogP contribution < -0.4 is 15.2 Å². The van der Waals surface area contributed by atoms with E-state index in [1.807, 2.05) is 16.8 Å². The Hall–Kier alpha value is -3.82. The molecule has 0 amide bonds. The molecule has 2 aromatic carbocycles. The van der Waals surface area contributed by atoms with Gasteiger partial charge in [-0.1, -0.05) is 12.8 Å². The van der Waals surface area contributed by atoms with Crippen LogP contribution in [0, 0.1) is 0 Å². The van der Waals surface area contributed by atoms with Crippen LogP contribution in [-0.4, -0.2) is 26.1 Å². The van der Waals surface area contributed by atoms with Crippen molar-refractivity contribution in [1.29, 1.82) is 0 Å². The minimum Gasteiger partial charge on any atom is -0.457 e. The fourth-order valence-corrected chi connectivity index (χ4v) is 4.13. The molecule has 7 nitrogen and oxygen atoms in total. The summed E-state index contributed by atoms with van der Waals surface area (Å²) >= 11 is 0. The van der Waals surface area contributed by atoms with E-state index in [1.54, 1.807) is 12.1 Å². The summed E-state index contributed by atoms with van der Waals surface area (Å²) in [7, 11) is 0. The second-order valence-electron chi connectivity index (χ2n) is 7.83. The Balaban J connectivity index is 1.40. The predicted molar refractivity (Wildman–Crippen MR) is 116 cm³/mol. The fourth-order valence-electron chi connectivity index (χ4n) is 4.13. The first-order valence-corrected chi connectivity index (χ1v) is 10.5. The lowest BCUT2D eigenvalue weighted by atomic mass is 10.1. The van der Waals surface area contributed by atoms with Gasteiger partial charge in [0, 0.05) is 5.56 Å². The SMILES string of the molecule is Nc1ncnc2c1c(-c1ccc(Oc3ccc(OC(F)(F)F)cc3)cc1)nn2C1CCCC1. The van der Waals surface area contributed by atoms with E-state index in [2.05, 4.69) is 14.7 Å². The second kappa shape index (κ2) is 8.27. The molecule has 0 unspecified atom stereocenters. The smallest absolute Gasteiger partial charge is 0.457 e. The van der Waals surface area contributed by atoms with Crippen LogP contribution in [0.3, 0.4) is 0 Å². The second-order valence-corrected chi connectivity index (χ2v) is 7.83. The first kappa shape index (κ1) is 21.0. The number of rotatable bonds is 5. The Labute approximate surface area is 187 Å². The Morgan fingerprint density at radius 2 is 1.48 bits per heavy atom. The highest BCUT2D eigenvalue weighted by atomic mass is 19.4. The van der Waals surface area contributed by atoms with Gasteiger partial charge >= 0.3 is 6.36 Å². The number of hydrogen-bond donors (Lipinski definition) is 1. The van der Waals surface area contributed by atoms with Crippen molar-refractivity contribution in [1.82, 2.24) is 19.7 Å². The van der Waals surface area contributed by atoms with Crippen molar-refractivity contribution in [2.24, 2.45) is 0 Å². The molecule has 2 aromatic heterocycles. The lowest BCUT2D eigenvalue weighted by Crippen LogP contribution is -2.16. The van der Waals surface area contributed by atoms with Crippen LogP contribution in [0.1, 0.15) is 31.7 Å². The number of fused-ring (bicyclic) bond motifs is 1. The monoisotopic (exact) mass is 455 g/mol. The lowest BCUT2D eigenvalue weighted by molar-refractivity contribution is -0.274. The van der Waals surface area contributed by atoms with E-state index < -0.39 is 6.36 Å². The highest BCUT2D eigenvalue weighted by Crippen LogP contribution is 2.37. The first-order valence-electron chi connectivity index (χ1n) is 10.5. The van der Waals surface area contributed by atoms with Gasteiger partial charge in [0.25, 0.3) is 0 Å². The Kier molecular flexibility index (Phi) is 5.27. The van der Waals surface area contributed by atoms with Crippen LogP contribution in [0.15, 0.2) is 54.9 Å². The molecule has 10 heteroatoms. The summed E-state index contributed by atoms with van der Waals surface area (Å²) in [6.07, 6.45) is 1.16. The number of halogens is 3. The van der Waals surface area contributed by atoms with Crippen LogP contribution >= 0.6 is 0 Å². The molecule has 5 rings (SSSR count). The Bertz CT molecular complexity index is 1260. The molecule has 1 fully saturated rings. The zero-order chi connectivity index (χ0) is 23.0. The number of nitrogen functional groups attached to an aromatic ring is 1. The third kappa shape index (κ3) is 4.41. The average Bonchev–Trinajstić information content (AvgIpc) is 3.43. The van der Waals surface area contributed by atoms with Gasteiger partial charge in [-0.3, -0.25) is 0 Å². The number of hydrogen-bond acceptors (Lipinski definition) is 6. The van der Waals surface area contributed by atoms with E-state index in [0.717, 1.165) is 42.3 Å². The third-order valence-electron chi connectivity index (χ3n) is 5.61. The maximum Gasteiger partial charge on any atom is 0.573 e. The van der Waals surface area contributed by atoms with Gasteiger partial charge in [-0.15, -0.1) is 13.2 Å². The van der Waals surface area contributed by atoms with E-state index >= 15 is 0 Å². The molecule has 2 heterocycles. The molecule has 0 spiro atoms. The Morgan fingerprint density at radius 3 is 2.12 bits per heavy atom. The molecule has 1 aliphatic carbocycles. The molecule has 170 valence electrons. The summed E-state index contributed by atoms with van der Waals surface area (Å²) in [6, 6.07) is 12.7. The maximum absolute atomic E-state index is 12.3. The molecule has 0 aliphatic heterocycles. The summed E-state index contributed by atoms with van der Waals surface area (Å²) in [5, 5.41) is 5.56. The Morgan fingerprint density at radius 1 is 0.879 bits per heavy atom. The number of nitrogens with zero attached hydrogens (tertiary/aromatic N) is 4. The molecule has 33 heavy (non-hydrogen) atoms. The molecule has 0 atom stereocenters. The summed E-state index contributed by atoms with van der Waals surface area (Å²) in [6.45, 7) is 0. The van der Waals surface area contributed by atoms with Gasteiger partial charge < -0.3 is 15.2 Å². The van der Waals surface area contributed by atoms with Gasteiger partial charge in [0.05, 0.1) is 11.4 Å². The quantitative estimate of drug-likeness (QED) is 0.404. The number of nitrogens with two attached hydrogens (primary N) is 1. The van der Waals surface area contributed by atoms with Crippen molar-refractivity contribution in [2.75, 3.05) is 5.73 Å². The zero-order valence-corrected chi connectivity index (χ0v) is 17.4. The molecule has 2 N–H and O–H groups in total. The summed E-state index contributed by atoms with van der Waals surface area (Å²) in [5.74, 6) is 0.966. The molecule has 0 radical (unpaired) electrons. The molecular weight excluding hydrogens is 435 g/mol. The van der Waals surface area contributed by atoms with Crippen LogP contribution in [0.4, 0.5) is 19.0 Å². The lowest BCUT2D eigenvalue weighted by Gasteiger charge is -2.10. The molecular formula is C23H20F3N5O2. The highest BCUT2D eigenvalue weighted by molar-refractivity contribution is 5.98. The largest absolute Gasteiger partial charge is 0.573 e. The van der Waals surface area contributed by atoms with Crippen molar-refractivity contribution in [2.45, 2.75) is 38.1 Å². The van der Waals surface area contributed by atoms with Crippen LogP contribution in [0.25, 0.3) is 22.3 Å². The standard InChI is InChI=1S/C23H20F3N5O2/c24-23(25,26)33-18-11-9-17(10-12-18)32-16-7-5-14(6-8-16)20-19-21(27)28-13-29-22(19)31(30-20)15-3-1-2-4-15/h5-13,15H,1-4H2,(H2,27,28,29). The van der Waals surface area contributed by atoms with Gasteiger partial charge in [-0.2, -0.15) is 5.10 Å². The van der Waals surface area contributed by atoms with E-state index in [9.17, 15) is 13.2 Å². The van der Waals surface area contributed by atoms with Crippen LogP contribution in [0.5, 0.6) is 17.2 Å². The number of benzene rings is 2. The van der Waals surface area contributed by atoms with Gasteiger partial charge in [0.2, 0.25) is 0 Å². The highest BCUT2D eigenvalue weighted by Gasteiger charge is 2.31. The van der Waals surface area contributed by atoms with Gasteiger partial charge in [-0.05, 0) is 61.4 Å². The van der Waals surface area contributed by atoms with Gasteiger partial charge in [0.1, 0.15) is 35.1 Å². The number of alkyl halides is 3. The zero-order valence-electron chi connectivity index (χ0n) is 17.4. The van der Waals surface area contributed by atoms with Crippen molar-refractivity contribution >= 4 is 16.9 Å². The minimum atomic E-state index is -4.73. The molecule has 0 bridgehead atoms. The normalized spacial score (nSPS) is 14.6. The third-order valence-corrected chi connectivity index (χ3v) is 5.61.